The number of carbonyl (C=O) groups is 1. The first-order valence-corrected chi connectivity index (χ1v) is 17.0. The van der Waals surface area contributed by atoms with Crippen LogP contribution in [0.5, 0.6) is 0 Å². The highest BCUT2D eigenvalue weighted by molar-refractivity contribution is 7.92. The van der Waals surface area contributed by atoms with Crippen LogP contribution >= 0.6 is 0 Å². The van der Waals surface area contributed by atoms with Crippen LogP contribution in [0.1, 0.15) is 36.0 Å². The molecule has 0 aliphatic carbocycles. The molecule has 2 fully saturated rings. The van der Waals surface area contributed by atoms with Gasteiger partial charge in [0, 0.05) is 53.8 Å². The third-order valence-corrected chi connectivity index (χ3v) is 11.9. The van der Waals surface area contributed by atoms with Gasteiger partial charge in [-0.1, -0.05) is 47.6 Å². The Hall–Kier alpha value is -4.92. The SMILES string of the molecule is N#CC1CCN(C(=O)N2CCC(c3ccc(C(OCc4c(F)cccc4F)(C(F)(F)F)C(F)(F)F)cc3)(S(=O)(=O)c3ccc(N=[N+]=[N-])cc3)C2)CC1. The third-order valence-electron chi connectivity index (χ3n) is 9.38. The third kappa shape index (κ3) is 6.73. The molecule has 10 nitrogen and oxygen atoms in total. The largest absolute Gasteiger partial charge is 0.430 e. The van der Waals surface area contributed by atoms with E-state index in [1.807, 2.05) is 0 Å². The van der Waals surface area contributed by atoms with E-state index in [1.54, 1.807) is 0 Å². The number of alkyl halides is 6. The number of hydrogen-bond donors (Lipinski definition) is 0. The number of piperidine rings is 1. The van der Waals surface area contributed by atoms with E-state index in [0.717, 1.165) is 30.3 Å². The van der Waals surface area contributed by atoms with Crippen molar-refractivity contribution < 1.29 is 53.1 Å². The van der Waals surface area contributed by atoms with Gasteiger partial charge in [0.2, 0.25) is 0 Å². The number of ether oxygens (including phenoxy) is 1. The van der Waals surface area contributed by atoms with Gasteiger partial charge < -0.3 is 14.5 Å². The standard InChI is InChI=1S/C33H28F8N6O4S/c34-27-2-1-3-28(35)26(27)19-51-31(32(36,37)38,33(39,40)41)23-6-4-22(5-7-23)30(52(49,50)25-10-8-24(9-11-25)44-45-43)14-17-47(20-30)29(48)46-15-12-21(18-42)13-16-46/h1-11,21H,12-17,19-20H2. The number of azide groups is 1. The molecule has 2 heterocycles. The maximum Gasteiger partial charge on any atom is 0.430 e. The first kappa shape index (κ1) is 38.3. The van der Waals surface area contributed by atoms with Crippen LogP contribution in [0.4, 0.5) is 45.6 Å². The summed E-state index contributed by atoms with van der Waals surface area (Å²) in [5, 5.41) is 12.6. The highest BCUT2D eigenvalue weighted by Crippen LogP contribution is 2.54. The molecular formula is C33H28F8N6O4S. The number of nitrogens with zero attached hydrogens (tertiary/aromatic N) is 6. The van der Waals surface area contributed by atoms with Crippen molar-refractivity contribution in [2.45, 2.75) is 53.5 Å². The van der Waals surface area contributed by atoms with Gasteiger partial charge in [-0.2, -0.15) is 31.6 Å². The minimum absolute atomic E-state index is 0.0507. The summed E-state index contributed by atoms with van der Waals surface area (Å²) in [5.74, 6) is -3.16. The first-order valence-electron chi connectivity index (χ1n) is 15.6. The fourth-order valence-electron chi connectivity index (χ4n) is 6.52. The van der Waals surface area contributed by atoms with Crippen molar-refractivity contribution in [3.63, 3.8) is 0 Å². The maximum atomic E-state index is 14.6. The number of hydrogen-bond acceptors (Lipinski definition) is 6. The molecule has 0 radical (unpaired) electrons. The maximum absolute atomic E-state index is 14.6. The van der Waals surface area contributed by atoms with Gasteiger partial charge in [0.1, 0.15) is 16.4 Å². The number of amides is 2. The van der Waals surface area contributed by atoms with Crippen molar-refractivity contribution in [1.82, 2.24) is 9.80 Å². The molecule has 0 spiro atoms. The Balaban J connectivity index is 1.59. The second kappa shape index (κ2) is 14.2. The van der Waals surface area contributed by atoms with Gasteiger partial charge in [-0.05, 0) is 54.6 Å². The molecule has 2 aliphatic heterocycles. The number of urea groups is 1. The topological polar surface area (TPSA) is 139 Å². The summed E-state index contributed by atoms with van der Waals surface area (Å²) in [6, 6.07) is 10.6. The molecule has 1 atom stereocenters. The summed E-state index contributed by atoms with van der Waals surface area (Å²) in [5.41, 5.74) is 0.680. The summed E-state index contributed by atoms with van der Waals surface area (Å²) >= 11 is 0. The van der Waals surface area contributed by atoms with Gasteiger partial charge in [0.05, 0.1) is 17.6 Å². The van der Waals surface area contributed by atoms with Crippen molar-refractivity contribution in [3.8, 4) is 6.07 Å². The Morgan fingerprint density at radius 2 is 1.50 bits per heavy atom. The molecule has 0 bridgehead atoms. The molecule has 52 heavy (non-hydrogen) atoms. The quantitative estimate of drug-likeness (QED) is 0.0988. The molecule has 1 unspecified atom stereocenters. The Morgan fingerprint density at radius 3 is 2.02 bits per heavy atom. The summed E-state index contributed by atoms with van der Waals surface area (Å²) in [6.45, 7) is -2.07. The zero-order valence-electron chi connectivity index (χ0n) is 26.8. The van der Waals surface area contributed by atoms with Crippen LogP contribution in [0.25, 0.3) is 10.4 Å². The molecule has 3 aromatic carbocycles. The number of likely N-dealkylation sites (tertiary alicyclic amines) is 2. The molecule has 276 valence electrons. The van der Waals surface area contributed by atoms with Crippen molar-refractivity contribution >= 4 is 21.6 Å². The van der Waals surface area contributed by atoms with Crippen molar-refractivity contribution in [2.75, 3.05) is 26.2 Å². The minimum Gasteiger partial charge on any atom is -0.349 e. The Morgan fingerprint density at radius 1 is 0.923 bits per heavy atom. The molecule has 0 saturated carbocycles. The molecule has 0 N–H and O–H groups in total. The Kier molecular flexibility index (Phi) is 10.5. The van der Waals surface area contributed by atoms with Gasteiger partial charge in [0.15, 0.2) is 9.84 Å². The van der Waals surface area contributed by atoms with Crippen molar-refractivity contribution in [3.05, 3.63) is 105 Å². The lowest BCUT2D eigenvalue weighted by molar-refractivity contribution is -0.392. The predicted octanol–water partition coefficient (Wildman–Crippen LogP) is 8.17. The number of carbonyl (C=O) groups excluding carboxylic acids is 1. The van der Waals surface area contributed by atoms with Gasteiger partial charge in [0.25, 0.3) is 5.60 Å². The van der Waals surface area contributed by atoms with Crippen LogP contribution in [0.2, 0.25) is 0 Å². The summed E-state index contributed by atoms with van der Waals surface area (Å²) < 4.78 is 147. The van der Waals surface area contributed by atoms with E-state index in [-0.39, 0.29) is 48.1 Å². The van der Waals surface area contributed by atoms with Gasteiger partial charge in [-0.25, -0.2) is 22.0 Å². The lowest BCUT2D eigenvalue weighted by Crippen LogP contribution is -2.56. The lowest BCUT2D eigenvalue weighted by atomic mass is 9.88. The van der Waals surface area contributed by atoms with E-state index in [2.05, 4.69) is 20.8 Å². The lowest BCUT2D eigenvalue weighted by Gasteiger charge is -2.38. The fourth-order valence-corrected chi connectivity index (χ4v) is 8.60. The van der Waals surface area contributed by atoms with Crippen molar-refractivity contribution in [2.24, 2.45) is 11.0 Å². The Bertz CT molecular complexity index is 1970. The molecule has 2 amide bonds. The highest BCUT2D eigenvalue weighted by Gasteiger charge is 2.73. The zero-order chi connectivity index (χ0) is 38.1. The molecule has 0 aromatic heterocycles. The van der Waals surface area contributed by atoms with Crippen LogP contribution < -0.4 is 0 Å². The predicted molar refractivity (Wildman–Crippen MR) is 167 cm³/mol. The second-order valence-electron chi connectivity index (χ2n) is 12.3. The summed E-state index contributed by atoms with van der Waals surface area (Å²) in [6.07, 6.45) is -12.0. The van der Waals surface area contributed by atoms with Crippen LogP contribution in [-0.4, -0.2) is 62.8 Å². The Labute approximate surface area is 291 Å². The second-order valence-corrected chi connectivity index (χ2v) is 14.5. The van der Waals surface area contributed by atoms with E-state index in [0.29, 0.717) is 37.1 Å². The minimum atomic E-state index is -6.23. The van der Waals surface area contributed by atoms with E-state index >= 15 is 0 Å². The normalized spacial score (nSPS) is 18.9. The van der Waals surface area contributed by atoms with Crippen LogP contribution in [0.3, 0.4) is 0 Å². The average Bonchev–Trinajstić information content (AvgIpc) is 3.56. The summed E-state index contributed by atoms with van der Waals surface area (Å²) in [4.78, 5) is 18.5. The van der Waals surface area contributed by atoms with Gasteiger partial charge in [-0.3, -0.25) is 0 Å². The van der Waals surface area contributed by atoms with E-state index in [4.69, 9.17) is 5.53 Å². The van der Waals surface area contributed by atoms with Crippen molar-refractivity contribution in [1.29, 1.82) is 5.26 Å². The molecular weight excluding hydrogens is 728 g/mol. The number of benzene rings is 3. The molecule has 5 rings (SSSR count). The molecule has 3 aromatic rings. The zero-order valence-corrected chi connectivity index (χ0v) is 27.6. The molecule has 19 heteroatoms. The van der Waals surface area contributed by atoms with E-state index < -0.39 is 74.5 Å². The number of sulfone groups is 1. The molecule has 2 saturated heterocycles. The molecule has 2 aliphatic rings. The van der Waals surface area contributed by atoms with Gasteiger partial charge in [-0.15, -0.1) is 0 Å². The average molecular weight is 757 g/mol. The summed E-state index contributed by atoms with van der Waals surface area (Å²) in [7, 11) is -4.61. The monoisotopic (exact) mass is 756 g/mol. The number of halogens is 8. The van der Waals surface area contributed by atoms with Crippen LogP contribution in [0.15, 0.2) is 76.7 Å². The highest BCUT2D eigenvalue weighted by atomic mass is 32.2. The smallest absolute Gasteiger partial charge is 0.349 e. The van der Waals surface area contributed by atoms with Crippen LogP contribution in [-0.2, 0) is 31.5 Å². The van der Waals surface area contributed by atoms with Gasteiger partial charge >= 0.3 is 18.4 Å². The first-order chi connectivity index (χ1) is 24.4. The van der Waals surface area contributed by atoms with E-state index in [9.17, 15) is 53.6 Å². The fraction of sp³-hybridized carbons (Fsp3) is 0.394. The van der Waals surface area contributed by atoms with E-state index in [1.165, 1.54) is 21.9 Å². The number of nitriles is 1. The van der Waals surface area contributed by atoms with Crippen LogP contribution in [0, 0.1) is 28.9 Å². The number of rotatable bonds is 8.